The Bertz CT molecular complexity index is 933. The zero-order valence-electron chi connectivity index (χ0n) is 15.2. The molecule has 0 fully saturated rings. The molecular weight excluding hydrogens is 348 g/mol. The molecule has 0 saturated heterocycles. The van der Waals surface area contributed by atoms with E-state index in [0.717, 1.165) is 16.7 Å². The van der Waals surface area contributed by atoms with Crippen LogP contribution in [0.4, 0.5) is 0 Å². The van der Waals surface area contributed by atoms with Gasteiger partial charge in [0.1, 0.15) is 5.92 Å². The lowest BCUT2D eigenvalue weighted by molar-refractivity contribution is -0.140. The lowest BCUT2D eigenvalue weighted by Crippen LogP contribution is -2.40. The Hall–Kier alpha value is -3.66. The van der Waals surface area contributed by atoms with Gasteiger partial charge in [0.15, 0.2) is 0 Å². The van der Waals surface area contributed by atoms with Gasteiger partial charge in [-0.3, -0.25) is 4.79 Å². The maximum atomic E-state index is 12.7. The van der Waals surface area contributed by atoms with Gasteiger partial charge in [0.05, 0.1) is 17.4 Å². The van der Waals surface area contributed by atoms with Gasteiger partial charge >= 0.3 is 5.97 Å². The Balaban J connectivity index is 2.14. The average Bonchev–Trinajstić information content (AvgIpc) is 3.27. The third kappa shape index (κ3) is 2.89. The van der Waals surface area contributed by atoms with E-state index in [1.165, 1.54) is 6.33 Å². The number of imidazole rings is 1. The summed E-state index contributed by atoms with van der Waals surface area (Å²) in [5, 5.41) is 10.4. The first-order valence-corrected chi connectivity index (χ1v) is 9.12. The molecule has 4 nitrogen and oxygen atoms in total. The van der Waals surface area contributed by atoms with Crippen molar-refractivity contribution in [1.29, 1.82) is 0 Å². The molecule has 0 saturated carbocycles. The monoisotopic (exact) mass is 368 g/mol. The molecule has 4 aromatic rings. The van der Waals surface area contributed by atoms with Crippen molar-refractivity contribution in [2.24, 2.45) is 0 Å². The number of nitrogens with one attached hydrogen (secondary N) is 1. The van der Waals surface area contributed by atoms with Crippen LogP contribution >= 0.6 is 0 Å². The van der Waals surface area contributed by atoms with Gasteiger partial charge in [-0.2, -0.15) is 0 Å². The van der Waals surface area contributed by atoms with Gasteiger partial charge in [-0.25, -0.2) is 4.98 Å². The van der Waals surface area contributed by atoms with Crippen molar-refractivity contribution >= 4 is 5.97 Å². The first-order valence-electron chi connectivity index (χ1n) is 9.12. The third-order valence-corrected chi connectivity index (χ3v) is 5.20. The number of aliphatic carboxylic acids is 1. The number of H-pyrrole nitrogens is 1. The molecule has 1 atom stereocenters. The molecule has 28 heavy (non-hydrogen) atoms. The molecule has 0 spiro atoms. The minimum atomic E-state index is -0.928. The summed E-state index contributed by atoms with van der Waals surface area (Å²) in [7, 11) is 0. The van der Waals surface area contributed by atoms with E-state index < -0.39 is 17.3 Å². The second kappa shape index (κ2) is 7.53. The zero-order chi connectivity index (χ0) is 19.4. The van der Waals surface area contributed by atoms with E-state index >= 15 is 0 Å². The Kier molecular flexibility index (Phi) is 4.77. The van der Waals surface area contributed by atoms with Crippen molar-refractivity contribution in [3.8, 4) is 0 Å². The molecule has 0 aliphatic heterocycles. The van der Waals surface area contributed by atoms with Crippen molar-refractivity contribution in [3.63, 3.8) is 0 Å². The SMILES string of the molecule is O=C(O)C(c1cnc[nH]1)C(c1ccccc1)(c1ccccc1)c1ccccc1. The van der Waals surface area contributed by atoms with Crippen LogP contribution in [-0.4, -0.2) is 21.0 Å². The predicted molar refractivity (Wildman–Crippen MR) is 108 cm³/mol. The normalized spacial score (nSPS) is 12.4. The Morgan fingerprint density at radius 2 is 1.21 bits per heavy atom. The second-order valence-electron chi connectivity index (χ2n) is 6.68. The number of aromatic nitrogens is 2. The summed E-state index contributed by atoms with van der Waals surface area (Å²) in [6, 6.07) is 29.5. The Morgan fingerprint density at radius 1 is 0.786 bits per heavy atom. The van der Waals surface area contributed by atoms with Gasteiger partial charge < -0.3 is 10.1 Å². The molecule has 0 amide bonds. The van der Waals surface area contributed by atoms with Crippen molar-refractivity contribution in [2.45, 2.75) is 11.3 Å². The summed E-state index contributed by atoms with van der Waals surface area (Å²) in [5.74, 6) is -1.80. The molecule has 1 aromatic heterocycles. The molecule has 4 heteroatoms. The highest BCUT2D eigenvalue weighted by molar-refractivity contribution is 5.81. The summed E-state index contributed by atoms with van der Waals surface area (Å²) in [6.07, 6.45) is 3.12. The number of carbonyl (C=O) groups is 1. The fourth-order valence-corrected chi connectivity index (χ4v) is 4.08. The van der Waals surface area contributed by atoms with E-state index in [1.54, 1.807) is 6.20 Å². The highest BCUT2D eigenvalue weighted by Crippen LogP contribution is 2.49. The summed E-state index contributed by atoms with van der Waals surface area (Å²) >= 11 is 0. The number of carboxylic acids is 1. The number of carboxylic acid groups (broad SMARTS) is 1. The standard InChI is InChI=1S/C24H20N2O2/c27-23(28)22(21-16-25-17-26-21)24(18-10-4-1-5-11-18,19-12-6-2-7-13-19)20-14-8-3-9-15-20/h1-17,22H,(H,25,26)(H,27,28). The van der Waals surface area contributed by atoms with E-state index in [1.807, 2.05) is 91.0 Å². The quantitative estimate of drug-likeness (QED) is 0.488. The maximum Gasteiger partial charge on any atom is 0.314 e. The maximum absolute atomic E-state index is 12.7. The van der Waals surface area contributed by atoms with Crippen LogP contribution in [0.1, 0.15) is 28.3 Å². The van der Waals surface area contributed by atoms with Crippen LogP contribution in [0.3, 0.4) is 0 Å². The average molecular weight is 368 g/mol. The smallest absolute Gasteiger partial charge is 0.314 e. The molecule has 0 aliphatic rings. The first kappa shape index (κ1) is 17.7. The van der Waals surface area contributed by atoms with Crippen molar-refractivity contribution in [3.05, 3.63) is 126 Å². The number of rotatable bonds is 6. The molecule has 0 radical (unpaired) electrons. The minimum Gasteiger partial charge on any atom is -0.481 e. The summed E-state index contributed by atoms with van der Waals surface area (Å²) < 4.78 is 0. The summed E-state index contributed by atoms with van der Waals surface area (Å²) in [5.41, 5.74) is 2.37. The molecule has 0 aliphatic carbocycles. The van der Waals surface area contributed by atoms with Crippen LogP contribution in [0, 0.1) is 0 Å². The molecule has 4 rings (SSSR count). The van der Waals surface area contributed by atoms with E-state index in [-0.39, 0.29) is 0 Å². The molecule has 0 bridgehead atoms. The van der Waals surface area contributed by atoms with Crippen LogP contribution < -0.4 is 0 Å². The van der Waals surface area contributed by atoms with Crippen molar-refractivity contribution < 1.29 is 9.90 Å². The first-order chi connectivity index (χ1) is 13.7. The number of aromatic amines is 1. The summed E-state index contributed by atoms with van der Waals surface area (Å²) in [4.78, 5) is 19.9. The van der Waals surface area contributed by atoms with E-state index in [2.05, 4.69) is 9.97 Å². The molecule has 2 N–H and O–H groups in total. The number of hydrogen-bond acceptors (Lipinski definition) is 2. The number of benzene rings is 3. The molecular formula is C24H20N2O2. The van der Waals surface area contributed by atoms with Crippen molar-refractivity contribution in [2.75, 3.05) is 0 Å². The van der Waals surface area contributed by atoms with Gasteiger partial charge in [-0.05, 0) is 16.7 Å². The van der Waals surface area contributed by atoms with Crippen LogP contribution in [0.15, 0.2) is 104 Å². The lowest BCUT2D eigenvalue weighted by Gasteiger charge is -2.40. The van der Waals surface area contributed by atoms with Crippen molar-refractivity contribution in [1.82, 2.24) is 9.97 Å². The Morgan fingerprint density at radius 3 is 1.54 bits per heavy atom. The fraction of sp³-hybridized carbons (Fsp3) is 0.0833. The highest BCUT2D eigenvalue weighted by Gasteiger charge is 2.49. The molecule has 138 valence electrons. The van der Waals surface area contributed by atoms with Crippen LogP contribution in [0.25, 0.3) is 0 Å². The fourth-order valence-electron chi connectivity index (χ4n) is 4.08. The van der Waals surface area contributed by atoms with Gasteiger partial charge in [-0.1, -0.05) is 91.0 Å². The Labute approximate surface area is 163 Å². The van der Waals surface area contributed by atoms with Crippen LogP contribution in [-0.2, 0) is 10.2 Å². The molecule has 1 unspecified atom stereocenters. The molecule has 1 heterocycles. The topological polar surface area (TPSA) is 66.0 Å². The van der Waals surface area contributed by atoms with Crippen LogP contribution in [0.5, 0.6) is 0 Å². The van der Waals surface area contributed by atoms with Gasteiger partial charge in [0.25, 0.3) is 0 Å². The van der Waals surface area contributed by atoms with Gasteiger partial charge in [0.2, 0.25) is 0 Å². The van der Waals surface area contributed by atoms with Gasteiger partial charge in [0, 0.05) is 6.20 Å². The van der Waals surface area contributed by atoms with E-state index in [9.17, 15) is 9.90 Å². The largest absolute Gasteiger partial charge is 0.481 e. The zero-order valence-corrected chi connectivity index (χ0v) is 15.2. The van der Waals surface area contributed by atoms with Crippen LogP contribution in [0.2, 0.25) is 0 Å². The number of hydrogen-bond donors (Lipinski definition) is 2. The minimum absolute atomic E-state index is 0.559. The molecule has 3 aromatic carbocycles. The highest BCUT2D eigenvalue weighted by atomic mass is 16.4. The van der Waals surface area contributed by atoms with E-state index in [0.29, 0.717) is 5.69 Å². The summed E-state index contributed by atoms with van der Waals surface area (Å²) in [6.45, 7) is 0. The third-order valence-electron chi connectivity index (χ3n) is 5.20. The van der Waals surface area contributed by atoms with Gasteiger partial charge in [-0.15, -0.1) is 0 Å². The lowest BCUT2D eigenvalue weighted by atomic mass is 9.61. The predicted octanol–water partition coefficient (Wildman–Crippen LogP) is 4.61. The number of nitrogens with zero attached hydrogens (tertiary/aromatic N) is 1. The second-order valence-corrected chi connectivity index (χ2v) is 6.68. The van der Waals surface area contributed by atoms with E-state index in [4.69, 9.17) is 0 Å².